The first-order valence-corrected chi connectivity index (χ1v) is 7.42. The summed E-state index contributed by atoms with van der Waals surface area (Å²) in [5.41, 5.74) is 2.68. The van der Waals surface area contributed by atoms with E-state index in [0.717, 1.165) is 12.8 Å². The average molecular weight is 260 g/mol. The normalized spacial score (nSPS) is 31.9. The van der Waals surface area contributed by atoms with Crippen molar-refractivity contribution in [3.63, 3.8) is 0 Å². The number of carbonyl (C=O) groups is 1. The Hall–Kier alpha value is -0.850. The average Bonchev–Trinajstić information content (AvgIpc) is 2.50. The van der Waals surface area contributed by atoms with Crippen LogP contribution < -0.4 is 0 Å². The molecular weight excluding hydrogens is 232 g/mol. The lowest BCUT2D eigenvalue weighted by molar-refractivity contribution is -0.134. The zero-order valence-electron chi connectivity index (χ0n) is 13.6. The Morgan fingerprint density at radius 2 is 1.68 bits per heavy atom. The number of hydrogen-bond donors (Lipinski definition) is 0. The molecule has 0 saturated carbocycles. The molecule has 19 heavy (non-hydrogen) atoms. The maximum Gasteiger partial charge on any atom is 0.148 e. The van der Waals surface area contributed by atoms with E-state index in [4.69, 9.17) is 0 Å². The van der Waals surface area contributed by atoms with E-state index in [1.165, 1.54) is 11.1 Å². The molecule has 0 unspecified atom stereocenters. The van der Waals surface area contributed by atoms with Crippen LogP contribution in [0.1, 0.15) is 61.3 Å². The molecule has 0 radical (unpaired) electrons. The maximum atomic E-state index is 12.5. The number of carbonyl (C=O) groups excluding carboxylic acids is 1. The minimum atomic E-state index is -0.316. The van der Waals surface area contributed by atoms with Crippen LogP contribution in [0.3, 0.4) is 0 Å². The minimum Gasteiger partial charge on any atom is -0.298 e. The van der Waals surface area contributed by atoms with Crippen molar-refractivity contribution in [3.05, 3.63) is 23.3 Å². The summed E-state index contributed by atoms with van der Waals surface area (Å²) in [5, 5.41) is 0. The largest absolute Gasteiger partial charge is 0.298 e. The SMILES string of the molecule is CC1=CC[C@H](C2=CC(C)(C)C(=O)C(C)(C)C2)C1(C)C. The Kier molecular flexibility index (Phi) is 3.12. The van der Waals surface area contributed by atoms with Gasteiger partial charge in [-0.2, -0.15) is 0 Å². The Labute approximate surface area is 118 Å². The molecular formula is C18H28O. The third kappa shape index (κ3) is 2.22. The molecule has 0 aliphatic heterocycles. The van der Waals surface area contributed by atoms with Gasteiger partial charge in [-0.25, -0.2) is 0 Å². The van der Waals surface area contributed by atoms with Crippen molar-refractivity contribution in [3.8, 4) is 0 Å². The van der Waals surface area contributed by atoms with Crippen LogP contribution in [0, 0.1) is 22.2 Å². The molecule has 0 N–H and O–H groups in total. The molecule has 2 rings (SSSR count). The first-order valence-electron chi connectivity index (χ1n) is 7.42. The molecule has 0 heterocycles. The van der Waals surface area contributed by atoms with Crippen molar-refractivity contribution in [2.24, 2.45) is 22.2 Å². The number of Topliss-reactive ketones (excluding diaryl/α,β-unsaturated/α-hetero) is 1. The monoisotopic (exact) mass is 260 g/mol. The second-order valence-electron chi connectivity index (χ2n) is 8.23. The number of rotatable bonds is 1. The Bertz CT molecular complexity index is 472. The molecule has 1 nitrogen and oxygen atoms in total. The van der Waals surface area contributed by atoms with Gasteiger partial charge in [-0.15, -0.1) is 0 Å². The van der Waals surface area contributed by atoms with Crippen molar-refractivity contribution in [1.29, 1.82) is 0 Å². The van der Waals surface area contributed by atoms with Gasteiger partial charge in [0.05, 0.1) is 0 Å². The fraction of sp³-hybridized carbons (Fsp3) is 0.722. The van der Waals surface area contributed by atoms with Crippen LogP contribution in [0.4, 0.5) is 0 Å². The van der Waals surface area contributed by atoms with Crippen molar-refractivity contribution >= 4 is 5.78 Å². The minimum absolute atomic E-state index is 0.222. The van der Waals surface area contributed by atoms with Gasteiger partial charge in [0, 0.05) is 10.8 Å². The second kappa shape index (κ2) is 4.07. The van der Waals surface area contributed by atoms with Crippen LogP contribution in [0.5, 0.6) is 0 Å². The summed E-state index contributed by atoms with van der Waals surface area (Å²) in [6.07, 6.45) is 6.69. The van der Waals surface area contributed by atoms with Crippen molar-refractivity contribution < 1.29 is 4.79 Å². The zero-order chi connectivity index (χ0) is 14.6. The van der Waals surface area contributed by atoms with Crippen LogP contribution >= 0.6 is 0 Å². The van der Waals surface area contributed by atoms with Gasteiger partial charge in [-0.05, 0) is 44.9 Å². The van der Waals surface area contributed by atoms with Crippen molar-refractivity contribution in [1.82, 2.24) is 0 Å². The van der Waals surface area contributed by atoms with Crippen LogP contribution in [-0.2, 0) is 4.79 Å². The molecule has 0 aromatic rings. The van der Waals surface area contributed by atoms with Gasteiger partial charge in [-0.1, -0.05) is 51.0 Å². The predicted molar refractivity (Wildman–Crippen MR) is 80.9 cm³/mol. The van der Waals surface area contributed by atoms with E-state index in [9.17, 15) is 4.79 Å². The van der Waals surface area contributed by atoms with E-state index >= 15 is 0 Å². The van der Waals surface area contributed by atoms with Gasteiger partial charge in [0.1, 0.15) is 5.78 Å². The third-order valence-electron chi connectivity index (χ3n) is 5.39. The molecule has 0 spiro atoms. The first kappa shape index (κ1) is 14.6. The summed E-state index contributed by atoms with van der Waals surface area (Å²) >= 11 is 0. The van der Waals surface area contributed by atoms with E-state index in [-0.39, 0.29) is 16.2 Å². The molecule has 0 amide bonds. The van der Waals surface area contributed by atoms with Crippen LogP contribution in [-0.4, -0.2) is 5.78 Å². The van der Waals surface area contributed by atoms with E-state index in [1.54, 1.807) is 0 Å². The topological polar surface area (TPSA) is 17.1 Å². The number of hydrogen-bond acceptors (Lipinski definition) is 1. The van der Waals surface area contributed by atoms with Crippen molar-refractivity contribution in [2.75, 3.05) is 0 Å². The van der Waals surface area contributed by atoms with Gasteiger partial charge in [-0.3, -0.25) is 4.79 Å². The number of ketones is 1. The highest BCUT2D eigenvalue weighted by molar-refractivity contribution is 5.92. The molecule has 106 valence electrons. The van der Waals surface area contributed by atoms with Gasteiger partial charge in [0.25, 0.3) is 0 Å². The van der Waals surface area contributed by atoms with E-state index in [1.807, 2.05) is 0 Å². The van der Waals surface area contributed by atoms with E-state index in [2.05, 4.69) is 60.6 Å². The van der Waals surface area contributed by atoms with Crippen LogP contribution in [0.15, 0.2) is 23.3 Å². The van der Waals surface area contributed by atoms with E-state index < -0.39 is 0 Å². The van der Waals surface area contributed by atoms with Gasteiger partial charge in [0.15, 0.2) is 0 Å². The molecule has 0 saturated heterocycles. The smallest absolute Gasteiger partial charge is 0.148 e. The lowest BCUT2D eigenvalue weighted by atomic mass is 9.61. The van der Waals surface area contributed by atoms with Gasteiger partial charge in [0.2, 0.25) is 0 Å². The molecule has 0 bridgehead atoms. The van der Waals surface area contributed by atoms with Gasteiger partial charge < -0.3 is 0 Å². The predicted octanol–water partition coefficient (Wildman–Crippen LogP) is 4.93. The Balaban J connectivity index is 2.40. The third-order valence-corrected chi connectivity index (χ3v) is 5.39. The fourth-order valence-corrected chi connectivity index (χ4v) is 4.01. The summed E-state index contributed by atoms with van der Waals surface area (Å²) in [7, 11) is 0. The highest BCUT2D eigenvalue weighted by atomic mass is 16.1. The zero-order valence-corrected chi connectivity index (χ0v) is 13.6. The van der Waals surface area contributed by atoms with Crippen molar-refractivity contribution in [2.45, 2.75) is 61.3 Å². The highest BCUT2D eigenvalue weighted by Crippen LogP contribution is 2.52. The Morgan fingerprint density at radius 1 is 1.11 bits per heavy atom. The maximum absolute atomic E-state index is 12.5. The first-order chi connectivity index (χ1) is 8.48. The molecule has 0 fully saturated rings. The molecule has 1 heteroatoms. The summed E-state index contributed by atoms with van der Waals surface area (Å²) < 4.78 is 0. The lowest BCUT2D eigenvalue weighted by Gasteiger charge is -2.42. The molecule has 0 aromatic heterocycles. The number of allylic oxidation sites excluding steroid dienone is 4. The summed E-state index contributed by atoms with van der Waals surface area (Å²) in [5.74, 6) is 0.948. The molecule has 2 aliphatic rings. The molecule has 2 aliphatic carbocycles. The van der Waals surface area contributed by atoms with E-state index in [0.29, 0.717) is 11.7 Å². The fourth-order valence-electron chi connectivity index (χ4n) is 4.01. The summed E-state index contributed by atoms with van der Waals surface area (Å²) in [4.78, 5) is 12.5. The Morgan fingerprint density at radius 3 is 2.11 bits per heavy atom. The summed E-state index contributed by atoms with van der Waals surface area (Å²) in [6.45, 7) is 15.3. The summed E-state index contributed by atoms with van der Waals surface area (Å²) in [6, 6.07) is 0. The van der Waals surface area contributed by atoms with Gasteiger partial charge >= 0.3 is 0 Å². The standard InChI is InChI=1S/C18H28O/c1-12-8-9-14(18(12,6)7)13-10-16(2,3)15(19)17(4,5)11-13/h8,10,14H,9,11H2,1-7H3/t14-/m1/s1. The van der Waals surface area contributed by atoms with Crippen LogP contribution in [0.25, 0.3) is 0 Å². The quantitative estimate of drug-likeness (QED) is 0.611. The highest BCUT2D eigenvalue weighted by Gasteiger charge is 2.46. The van der Waals surface area contributed by atoms with Crippen LogP contribution in [0.2, 0.25) is 0 Å². The molecule has 0 aromatic carbocycles. The lowest BCUT2D eigenvalue weighted by Crippen LogP contribution is -2.41. The second-order valence-corrected chi connectivity index (χ2v) is 8.23. The molecule has 1 atom stereocenters.